The highest BCUT2D eigenvalue weighted by atomic mass is 16.3. The minimum atomic E-state index is 0.226. The van der Waals surface area contributed by atoms with Crippen LogP contribution in [0.2, 0.25) is 0 Å². The Labute approximate surface area is 74.3 Å². The summed E-state index contributed by atoms with van der Waals surface area (Å²) in [5.74, 6) is 0.492. The summed E-state index contributed by atoms with van der Waals surface area (Å²) in [7, 11) is 0. The summed E-state index contributed by atoms with van der Waals surface area (Å²) >= 11 is 0. The third-order valence-electron chi connectivity index (χ3n) is 2.63. The number of nitrogens with two attached hydrogens (primary N) is 1. The summed E-state index contributed by atoms with van der Waals surface area (Å²) in [5.41, 5.74) is 5.66. The maximum atomic E-state index is 9.04. The van der Waals surface area contributed by atoms with Crippen LogP contribution < -0.4 is 11.1 Å². The first-order chi connectivity index (χ1) is 5.63. The number of aliphatic hydroxyl groups excluding tert-OH is 1. The Kier molecular flexibility index (Phi) is 3.50. The highest BCUT2D eigenvalue weighted by Gasteiger charge is 2.28. The standard InChI is InChI=1S/C9H20N2O/c1-6(2)9(5-12)11-8-3-7(10)4-8/h6-9,11-12H,3-5,10H2,1-2H3/t7?,8?,9-/m1/s1. The molecule has 12 heavy (non-hydrogen) atoms. The van der Waals surface area contributed by atoms with Gasteiger partial charge in [-0.2, -0.15) is 0 Å². The van der Waals surface area contributed by atoms with Gasteiger partial charge in [0.25, 0.3) is 0 Å². The zero-order chi connectivity index (χ0) is 9.14. The quantitative estimate of drug-likeness (QED) is 0.563. The number of rotatable bonds is 4. The van der Waals surface area contributed by atoms with Gasteiger partial charge < -0.3 is 16.2 Å². The molecule has 0 bridgehead atoms. The molecular formula is C9H20N2O. The first-order valence-electron chi connectivity index (χ1n) is 4.76. The van der Waals surface area contributed by atoms with E-state index in [1.165, 1.54) is 0 Å². The third kappa shape index (κ3) is 2.44. The molecule has 0 aromatic heterocycles. The van der Waals surface area contributed by atoms with Gasteiger partial charge in [0.05, 0.1) is 6.61 Å². The Balaban J connectivity index is 2.19. The molecule has 0 aromatic rings. The van der Waals surface area contributed by atoms with Crippen molar-refractivity contribution in [3.05, 3.63) is 0 Å². The molecule has 0 aromatic carbocycles. The van der Waals surface area contributed by atoms with Crippen LogP contribution in [0.15, 0.2) is 0 Å². The SMILES string of the molecule is CC(C)[C@@H](CO)NC1CC(N)C1. The molecular weight excluding hydrogens is 152 g/mol. The fraction of sp³-hybridized carbons (Fsp3) is 1.00. The third-order valence-corrected chi connectivity index (χ3v) is 2.63. The molecule has 72 valence electrons. The van der Waals surface area contributed by atoms with Crippen LogP contribution in [-0.4, -0.2) is 29.8 Å². The number of aliphatic hydroxyl groups is 1. The molecule has 3 heteroatoms. The van der Waals surface area contributed by atoms with E-state index in [2.05, 4.69) is 19.2 Å². The molecule has 0 saturated heterocycles. The first-order valence-corrected chi connectivity index (χ1v) is 4.76. The van der Waals surface area contributed by atoms with Crippen molar-refractivity contribution in [3.8, 4) is 0 Å². The van der Waals surface area contributed by atoms with Gasteiger partial charge >= 0.3 is 0 Å². The Hall–Kier alpha value is -0.120. The zero-order valence-corrected chi connectivity index (χ0v) is 7.96. The number of nitrogens with one attached hydrogen (secondary N) is 1. The van der Waals surface area contributed by atoms with Crippen LogP contribution in [0, 0.1) is 5.92 Å². The topological polar surface area (TPSA) is 58.3 Å². The van der Waals surface area contributed by atoms with E-state index in [-0.39, 0.29) is 12.6 Å². The lowest BCUT2D eigenvalue weighted by Crippen LogP contribution is -2.53. The van der Waals surface area contributed by atoms with Crippen molar-refractivity contribution in [1.29, 1.82) is 0 Å². The predicted octanol–water partition coefficient (Wildman–Crippen LogP) is 0.0826. The van der Waals surface area contributed by atoms with Gasteiger partial charge in [0, 0.05) is 18.1 Å². The molecule has 0 spiro atoms. The highest BCUT2D eigenvalue weighted by Crippen LogP contribution is 2.19. The summed E-state index contributed by atoms with van der Waals surface area (Å²) in [6.07, 6.45) is 2.12. The lowest BCUT2D eigenvalue weighted by molar-refractivity contribution is 0.169. The van der Waals surface area contributed by atoms with Crippen molar-refractivity contribution in [2.45, 2.75) is 44.8 Å². The van der Waals surface area contributed by atoms with Crippen molar-refractivity contribution in [1.82, 2.24) is 5.32 Å². The van der Waals surface area contributed by atoms with E-state index < -0.39 is 0 Å². The van der Waals surface area contributed by atoms with E-state index in [1.54, 1.807) is 0 Å². The Morgan fingerprint density at radius 2 is 2.08 bits per heavy atom. The largest absolute Gasteiger partial charge is 0.395 e. The minimum Gasteiger partial charge on any atom is -0.395 e. The van der Waals surface area contributed by atoms with Crippen LogP contribution in [0.1, 0.15) is 26.7 Å². The molecule has 0 aliphatic heterocycles. The van der Waals surface area contributed by atoms with Crippen LogP contribution in [-0.2, 0) is 0 Å². The van der Waals surface area contributed by atoms with Crippen LogP contribution in [0.4, 0.5) is 0 Å². The lowest BCUT2D eigenvalue weighted by Gasteiger charge is -2.37. The van der Waals surface area contributed by atoms with Crippen molar-refractivity contribution >= 4 is 0 Å². The molecule has 0 radical (unpaired) electrons. The van der Waals surface area contributed by atoms with Crippen LogP contribution in [0.5, 0.6) is 0 Å². The average Bonchev–Trinajstić information content (AvgIpc) is 1.95. The van der Waals surface area contributed by atoms with E-state index in [0.29, 0.717) is 18.0 Å². The molecule has 3 nitrogen and oxygen atoms in total. The van der Waals surface area contributed by atoms with Crippen LogP contribution in [0.25, 0.3) is 0 Å². The maximum absolute atomic E-state index is 9.04. The molecule has 4 N–H and O–H groups in total. The second kappa shape index (κ2) is 4.21. The van der Waals surface area contributed by atoms with Crippen molar-refractivity contribution in [2.75, 3.05) is 6.61 Å². The van der Waals surface area contributed by atoms with E-state index >= 15 is 0 Å². The van der Waals surface area contributed by atoms with Crippen molar-refractivity contribution in [3.63, 3.8) is 0 Å². The van der Waals surface area contributed by atoms with Gasteiger partial charge in [0.15, 0.2) is 0 Å². The zero-order valence-electron chi connectivity index (χ0n) is 7.96. The molecule has 0 amide bonds. The van der Waals surface area contributed by atoms with E-state index in [1.807, 2.05) is 0 Å². The van der Waals surface area contributed by atoms with Gasteiger partial charge in [-0.1, -0.05) is 13.8 Å². The van der Waals surface area contributed by atoms with Crippen molar-refractivity contribution in [2.24, 2.45) is 11.7 Å². The highest BCUT2D eigenvalue weighted by molar-refractivity contribution is 4.90. The smallest absolute Gasteiger partial charge is 0.0587 e. The van der Waals surface area contributed by atoms with Gasteiger partial charge in [0.2, 0.25) is 0 Å². The van der Waals surface area contributed by atoms with Gasteiger partial charge in [-0.15, -0.1) is 0 Å². The Bertz CT molecular complexity index is 132. The number of hydrogen-bond donors (Lipinski definition) is 3. The number of hydrogen-bond acceptors (Lipinski definition) is 3. The van der Waals surface area contributed by atoms with Gasteiger partial charge in [-0.3, -0.25) is 0 Å². The average molecular weight is 172 g/mol. The molecule has 1 rings (SSSR count). The van der Waals surface area contributed by atoms with Crippen LogP contribution in [0.3, 0.4) is 0 Å². The first kappa shape index (κ1) is 9.96. The van der Waals surface area contributed by atoms with E-state index in [4.69, 9.17) is 10.8 Å². The lowest BCUT2D eigenvalue weighted by atomic mass is 9.86. The minimum absolute atomic E-state index is 0.226. The summed E-state index contributed by atoms with van der Waals surface area (Å²) < 4.78 is 0. The van der Waals surface area contributed by atoms with Gasteiger partial charge in [-0.05, 0) is 18.8 Å². The van der Waals surface area contributed by atoms with Gasteiger partial charge in [0.1, 0.15) is 0 Å². The second-order valence-electron chi connectivity index (χ2n) is 4.13. The second-order valence-corrected chi connectivity index (χ2v) is 4.13. The molecule has 0 unspecified atom stereocenters. The molecule has 1 aliphatic carbocycles. The van der Waals surface area contributed by atoms with Gasteiger partial charge in [-0.25, -0.2) is 0 Å². The summed E-state index contributed by atoms with van der Waals surface area (Å²) in [6, 6.07) is 1.16. The maximum Gasteiger partial charge on any atom is 0.0587 e. The van der Waals surface area contributed by atoms with E-state index in [9.17, 15) is 0 Å². The predicted molar refractivity (Wildman–Crippen MR) is 49.8 cm³/mol. The fourth-order valence-electron chi connectivity index (χ4n) is 1.56. The molecule has 1 atom stereocenters. The summed E-state index contributed by atoms with van der Waals surface area (Å²) in [6.45, 7) is 4.46. The molecule has 0 heterocycles. The fourth-order valence-corrected chi connectivity index (χ4v) is 1.56. The Morgan fingerprint density at radius 1 is 1.50 bits per heavy atom. The normalized spacial score (nSPS) is 31.8. The molecule has 1 fully saturated rings. The Morgan fingerprint density at radius 3 is 2.42 bits per heavy atom. The summed E-state index contributed by atoms with van der Waals surface area (Å²) in [4.78, 5) is 0. The van der Waals surface area contributed by atoms with Crippen molar-refractivity contribution < 1.29 is 5.11 Å². The summed E-state index contributed by atoms with van der Waals surface area (Å²) in [5, 5.41) is 12.4. The molecule has 1 saturated carbocycles. The van der Waals surface area contributed by atoms with E-state index in [0.717, 1.165) is 12.8 Å². The molecule has 1 aliphatic rings. The van der Waals surface area contributed by atoms with Crippen LogP contribution >= 0.6 is 0 Å². The monoisotopic (exact) mass is 172 g/mol.